The molecule has 28 heavy (non-hydrogen) atoms. The minimum atomic E-state index is -0.756. The van der Waals surface area contributed by atoms with Gasteiger partial charge in [0.05, 0.1) is 0 Å². The molecule has 2 N–H and O–H groups in total. The Morgan fingerprint density at radius 1 is 0.750 bits per heavy atom. The molecule has 1 heterocycles. The molecule has 0 aliphatic carbocycles. The van der Waals surface area contributed by atoms with Crippen LogP contribution in [0.4, 0.5) is 0 Å². The van der Waals surface area contributed by atoms with Gasteiger partial charge in [0.1, 0.15) is 6.04 Å². The largest absolute Gasteiger partial charge is 0.425 e. The van der Waals surface area contributed by atoms with Crippen LogP contribution in [0.3, 0.4) is 0 Å². The Morgan fingerprint density at radius 2 is 1.21 bits per heavy atom. The zero-order chi connectivity index (χ0) is 20.5. The van der Waals surface area contributed by atoms with Gasteiger partial charge < -0.3 is 15.2 Å². The third-order valence-electron chi connectivity index (χ3n) is 5.52. The number of carbonyl (C=O) groups excluding carboxylic acids is 2. The van der Waals surface area contributed by atoms with Crippen molar-refractivity contribution < 1.29 is 19.1 Å². The van der Waals surface area contributed by atoms with Crippen molar-refractivity contribution in [2.75, 3.05) is 0 Å². The van der Waals surface area contributed by atoms with E-state index in [1.165, 1.54) is 83.5 Å². The molecule has 1 rings (SSSR count). The number of nitrogens with two attached hydrogens (primary N) is 1. The summed E-state index contributed by atoms with van der Waals surface area (Å²) in [6.45, 7) is 2.27. The van der Waals surface area contributed by atoms with Crippen LogP contribution < -0.4 is 5.73 Å². The molecule has 164 valence electrons. The van der Waals surface area contributed by atoms with Crippen molar-refractivity contribution in [2.45, 2.75) is 135 Å². The van der Waals surface area contributed by atoms with Gasteiger partial charge in [-0.15, -0.1) is 0 Å². The van der Waals surface area contributed by atoms with E-state index in [1.54, 1.807) is 0 Å². The van der Waals surface area contributed by atoms with Gasteiger partial charge in [-0.3, -0.25) is 9.59 Å². The zero-order valence-electron chi connectivity index (χ0n) is 18.1. The number of hydrogen-bond acceptors (Lipinski definition) is 5. The number of cyclic esters (lactones) is 2. The van der Waals surface area contributed by atoms with Gasteiger partial charge in [-0.25, -0.2) is 0 Å². The van der Waals surface area contributed by atoms with Crippen molar-refractivity contribution in [3.8, 4) is 0 Å². The highest BCUT2D eigenvalue weighted by molar-refractivity contribution is 5.78. The second kappa shape index (κ2) is 16.8. The Balaban J connectivity index is 1.89. The summed E-state index contributed by atoms with van der Waals surface area (Å²) in [5.74, 6) is -0.785. The van der Waals surface area contributed by atoms with Crippen molar-refractivity contribution in [2.24, 2.45) is 5.73 Å². The number of rotatable bonds is 16. The fourth-order valence-electron chi connectivity index (χ4n) is 3.64. The van der Waals surface area contributed by atoms with Gasteiger partial charge in [0.25, 0.3) is 0 Å². The van der Waals surface area contributed by atoms with Gasteiger partial charge in [-0.2, -0.15) is 0 Å². The lowest BCUT2D eigenvalue weighted by molar-refractivity contribution is -0.193. The minimum Gasteiger partial charge on any atom is -0.425 e. The topological polar surface area (TPSA) is 78.6 Å². The summed E-state index contributed by atoms with van der Waals surface area (Å²) in [6.07, 6.45) is 19.9. The van der Waals surface area contributed by atoms with Gasteiger partial charge in [0.2, 0.25) is 6.29 Å². The lowest BCUT2D eigenvalue weighted by atomic mass is 10.0. The van der Waals surface area contributed by atoms with Crippen LogP contribution in [0.5, 0.6) is 0 Å². The van der Waals surface area contributed by atoms with E-state index < -0.39 is 18.3 Å². The predicted molar refractivity (Wildman–Crippen MR) is 113 cm³/mol. The van der Waals surface area contributed by atoms with Gasteiger partial charge >= 0.3 is 11.9 Å². The number of carbonyl (C=O) groups is 2. The number of esters is 2. The molecule has 1 saturated heterocycles. The first-order valence-corrected chi connectivity index (χ1v) is 11.8. The monoisotopic (exact) mass is 397 g/mol. The minimum absolute atomic E-state index is 0.186. The maximum atomic E-state index is 11.7. The van der Waals surface area contributed by atoms with Crippen molar-refractivity contribution >= 4 is 11.9 Å². The quantitative estimate of drug-likeness (QED) is 0.264. The highest BCUT2D eigenvalue weighted by atomic mass is 16.7. The first kappa shape index (κ1) is 24.9. The van der Waals surface area contributed by atoms with E-state index in [9.17, 15) is 9.59 Å². The summed E-state index contributed by atoms with van der Waals surface area (Å²) >= 11 is 0. The molecule has 1 aliphatic rings. The Labute approximate surface area is 172 Å². The highest BCUT2D eigenvalue weighted by Gasteiger charge is 2.26. The van der Waals surface area contributed by atoms with Gasteiger partial charge in [-0.1, -0.05) is 96.8 Å². The summed E-state index contributed by atoms with van der Waals surface area (Å²) in [5.41, 5.74) is 5.68. The van der Waals surface area contributed by atoms with Crippen molar-refractivity contribution in [1.82, 2.24) is 0 Å². The molecule has 0 aromatic carbocycles. The van der Waals surface area contributed by atoms with Crippen LogP contribution in [-0.2, 0) is 19.1 Å². The van der Waals surface area contributed by atoms with E-state index in [2.05, 4.69) is 6.92 Å². The van der Waals surface area contributed by atoms with Crippen LogP contribution in [0.15, 0.2) is 0 Å². The van der Waals surface area contributed by atoms with Crippen molar-refractivity contribution in [3.63, 3.8) is 0 Å². The molecule has 1 unspecified atom stereocenters. The van der Waals surface area contributed by atoms with Crippen molar-refractivity contribution in [1.29, 1.82) is 0 Å². The molecule has 0 amide bonds. The first-order chi connectivity index (χ1) is 13.6. The Hall–Kier alpha value is -1.10. The molecule has 1 fully saturated rings. The average molecular weight is 398 g/mol. The second-order valence-corrected chi connectivity index (χ2v) is 8.24. The number of ether oxygens (including phenoxy) is 2. The van der Waals surface area contributed by atoms with E-state index in [0.717, 1.165) is 12.8 Å². The molecule has 1 aliphatic heterocycles. The summed E-state index contributed by atoms with van der Waals surface area (Å²) in [6, 6.07) is -0.712. The Bertz CT molecular complexity index is 413. The summed E-state index contributed by atoms with van der Waals surface area (Å²) in [7, 11) is 0. The normalized spacial score (nSPS) is 20.4. The molecule has 0 aromatic heterocycles. The van der Waals surface area contributed by atoms with E-state index in [0.29, 0.717) is 12.8 Å². The van der Waals surface area contributed by atoms with E-state index in [-0.39, 0.29) is 12.4 Å². The standard InChI is InChI=1S/C23H43NO4/c1-2-3-4-5-6-7-8-9-10-11-12-13-14-15-16-17-22-27-21(25)19-18-20(24)23(26)28-22/h20,22H,2-19,24H2,1H3/t20-,22?/m1/s1. The van der Waals surface area contributed by atoms with E-state index in [4.69, 9.17) is 15.2 Å². The molecule has 2 atom stereocenters. The van der Waals surface area contributed by atoms with Crippen LogP contribution in [0.1, 0.15) is 122 Å². The summed E-state index contributed by atoms with van der Waals surface area (Å²) < 4.78 is 10.4. The van der Waals surface area contributed by atoms with Crippen LogP contribution in [-0.4, -0.2) is 24.3 Å². The third-order valence-corrected chi connectivity index (χ3v) is 5.52. The van der Waals surface area contributed by atoms with Gasteiger partial charge in [0.15, 0.2) is 0 Å². The van der Waals surface area contributed by atoms with Crippen LogP contribution in [0.25, 0.3) is 0 Å². The lowest BCUT2D eigenvalue weighted by Crippen LogP contribution is -2.39. The van der Waals surface area contributed by atoms with Gasteiger partial charge in [-0.05, 0) is 12.8 Å². The maximum Gasteiger partial charge on any atom is 0.326 e. The summed E-state index contributed by atoms with van der Waals surface area (Å²) in [5, 5.41) is 0. The molecule has 5 nitrogen and oxygen atoms in total. The Morgan fingerprint density at radius 3 is 1.71 bits per heavy atom. The molecule has 5 heteroatoms. The predicted octanol–water partition coefficient (Wildman–Crippen LogP) is 5.78. The van der Waals surface area contributed by atoms with Crippen molar-refractivity contribution in [3.05, 3.63) is 0 Å². The molecule has 0 bridgehead atoms. The molecule has 0 aromatic rings. The molecule has 0 radical (unpaired) electrons. The highest BCUT2D eigenvalue weighted by Crippen LogP contribution is 2.17. The maximum absolute atomic E-state index is 11.7. The second-order valence-electron chi connectivity index (χ2n) is 8.24. The third kappa shape index (κ3) is 13.1. The summed E-state index contributed by atoms with van der Waals surface area (Å²) in [4.78, 5) is 23.3. The Kier molecular flexibility index (Phi) is 15.0. The van der Waals surface area contributed by atoms with E-state index in [1.807, 2.05) is 0 Å². The number of hydrogen-bond donors (Lipinski definition) is 1. The fourth-order valence-corrected chi connectivity index (χ4v) is 3.64. The van der Waals surface area contributed by atoms with Crippen LogP contribution >= 0.6 is 0 Å². The van der Waals surface area contributed by atoms with Crippen LogP contribution in [0.2, 0.25) is 0 Å². The molecular formula is C23H43NO4. The zero-order valence-corrected chi connectivity index (χ0v) is 18.1. The lowest BCUT2D eigenvalue weighted by Gasteiger charge is -2.23. The SMILES string of the molecule is CCCCCCCCCCCCCCCCCC1OC(=O)CC[C@@H](N)C(=O)O1. The average Bonchev–Trinajstić information content (AvgIpc) is 2.68. The fraction of sp³-hybridized carbons (Fsp3) is 0.913. The van der Waals surface area contributed by atoms with Crippen LogP contribution in [0, 0.1) is 0 Å². The van der Waals surface area contributed by atoms with Gasteiger partial charge in [0, 0.05) is 12.8 Å². The molecule has 0 spiro atoms. The molecule has 0 saturated carbocycles. The van der Waals surface area contributed by atoms with E-state index >= 15 is 0 Å². The first-order valence-electron chi connectivity index (χ1n) is 11.8. The number of unbranched alkanes of at least 4 members (excludes halogenated alkanes) is 14. The smallest absolute Gasteiger partial charge is 0.326 e. The molecular weight excluding hydrogens is 354 g/mol.